The van der Waals surface area contributed by atoms with Crippen LogP contribution in [0.4, 0.5) is 9.39 Å². The van der Waals surface area contributed by atoms with Gasteiger partial charge in [-0.15, -0.1) is 11.3 Å². The number of halogens is 1. The Morgan fingerprint density at radius 3 is 2.57 bits per heavy atom. The van der Waals surface area contributed by atoms with E-state index >= 15 is 0 Å². The van der Waals surface area contributed by atoms with Crippen LogP contribution in [0.15, 0.2) is 24.3 Å². The summed E-state index contributed by atoms with van der Waals surface area (Å²) in [5.74, 6) is -0.766. The van der Waals surface area contributed by atoms with Crippen molar-refractivity contribution in [2.75, 3.05) is 11.9 Å². The van der Waals surface area contributed by atoms with Crippen LogP contribution in [0.25, 0.3) is 0 Å². The molecule has 0 spiro atoms. The van der Waals surface area contributed by atoms with Gasteiger partial charge in [-0.25, -0.2) is 4.39 Å². The maximum Gasteiger partial charge on any atom is 0.259 e. The molecule has 2 amide bonds. The lowest BCUT2D eigenvalue weighted by Gasteiger charge is -2.33. The first-order valence-electron chi connectivity index (χ1n) is 9.71. The van der Waals surface area contributed by atoms with E-state index in [4.69, 9.17) is 0 Å². The van der Waals surface area contributed by atoms with Crippen LogP contribution < -0.4 is 10.6 Å². The third kappa shape index (κ3) is 4.12. The number of hydrogen-bond donors (Lipinski definition) is 2. The molecule has 1 aliphatic carbocycles. The van der Waals surface area contributed by atoms with Crippen molar-refractivity contribution < 1.29 is 14.0 Å². The highest BCUT2D eigenvalue weighted by molar-refractivity contribution is 7.17. The number of rotatable bonds is 4. The molecule has 6 heteroatoms. The van der Waals surface area contributed by atoms with Gasteiger partial charge in [-0.1, -0.05) is 32.9 Å². The molecule has 1 aromatic carbocycles. The van der Waals surface area contributed by atoms with Gasteiger partial charge in [0.05, 0.1) is 11.1 Å². The van der Waals surface area contributed by atoms with Crippen molar-refractivity contribution in [3.63, 3.8) is 0 Å². The molecule has 0 fully saturated rings. The van der Waals surface area contributed by atoms with Crippen LogP contribution in [0.2, 0.25) is 0 Å². The van der Waals surface area contributed by atoms with Gasteiger partial charge in [0.2, 0.25) is 0 Å². The van der Waals surface area contributed by atoms with E-state index in [1.54, 1.807) is 12.1 Å². The average Bonchev–Trinajstić information content (AvgIpc) is 2.98. The third-order valence-electron chi connectivity index (χ3n) is 5.40. The molecule has 1 unspecified atom stereocenters. The summed E-state index contributed by atoms with van der Waals surface area (Å²) < 4.78 is 14.0. The van der Waals surface area contributed by atoms with Crippen LogP contribution in [0.5, 0.6) is 0 Å². The van der Waals surface area contributed by atoms with E-state index in [0.29, 0.717) is 23.0 Å². The molecule has 1 atom stereocenters. The molecular weight excluding hydrogens is 375 g/mol. The lowest BCUT2D eigenvalue weighted by Crippen LogP contribution is -2.28. The molecule has 1 heterocycles. The van der Waals surface area contributed by atoms with Crippen LogP contribution in [0.3, 0.4) is 0 Å². The fraction of sp³-hybridized carbons (Fsp3) is 0.455. The molecule has 1 aliphatic rings. The molecular formula is C22H27FN2O2S. The predicted octanol–water partition coefficient (Wildman–Crippen LogP) is 5.04. The molecule has 150 valence electrons. The number of amides is 2. The lowest BCUT2D eigenvalue weighted by molar-refractivity contribution is 0.0955. The van der Waals surface area contributed by atoms with Gasteiger partial charge in [0, 0.05) is 11.4 Å². The summed E-state index contributed by atoms with van der Waals surface area (Å²) in [6.07, 6.45) is 2.72. The van der Waals surface area contributed by atoms with E-state index in [9.17, 15) is 14.0 Å². The van der Waals surface area contributed by atoms with E-state index < -0.39 is 11.7 Å². The standard InChI is InChI=1S/C22H27FN2O2S/c1-5-24-20(27)18-15-11-10-13(22(2,3)4)12-17(15)28-21(18)25-19(26)14-8-6-7-9-16(14)23/h6-9,13H,5,10-12H2,1-4H3,(H,24,27)(H,25,26). The second kappa shape index (κ2) is 8.03. The molecule has 4 nitrogen and oxygen atoms in total. The first kappa shape index (κ1) is 20.5. The third-order valence-corrected chi connectivity index (χ3v) is 6.57. The second-order valence-electron chi connectivity index (χ2n) is 8.31. The molecule has 2 aromatic rings. The summed E-state index contributed by atoms with van der Waals surface area (Å²) in [5, 5.41) is 6.16. The van der Waals surface area contributed by atoms with Crippen molar-refractivity contribution in [3.8, 4) is 0 Å². The molecule has 1 aromatic heterocycles. The van der Waals surface area contributed by atoms with Gasteiger partial charge in [0.25, 0.3) is 11.8 Å². The Balaban J connectivity index is 1.96. The molecule has 0 aliphatic heterocycles. The minimum absolute atomic E-state index is 0.0247. The summed E-state index contributed by atoms with van der Waals surface area (Å²) in [6.45, 7) is 9.09. The van der Waals surface area contributed by atoms with E-state index in [1.165, 1.54) is 23.5 Å². The van der Waals surface area contributed by atoms with E-state index in [-0.39, 0.29) is 16.9 Å². The average molecular weight is 403 g/mol. The topological polar surface area (TPSA) is 58.2 Å². The van der Waals surface area contributed by atoms with Crippen molar-refractivity contribution >= 4 is 28.2 Å². The van der Waals surface area contributed by atoms with Gasteiger partial charge < -0.3 is 10.6 Å². The molecule has 28 heavy (non-hydrogen) atoms. The van der Waals surface area contributed by atoms with Gasteiger partial charge in [-0.05, 0) is 55.2 Å². The number of carbonyl (C=O) groups is 2. The van der Waals surface area contributed by atoms with E-state index in [0.717, 1.165) is 29.7 Å². The Hall–Kier alpha value is -2.21. The number of fused-ring (bicyclic) bond motifs is 1. The second-order valence-corrected chi connectivity index (χ2v) is 9.41. The van der Waals surface area contributed by atoms with Gasteiger partial charge in [0.1, 0.15) is 10.8 Å². The number of nitrogens with one attached hydrogen (secondary N) is 2. The van der Waals surface area contributed by atoms with Crippen molar-refractivity contribution in [1.29, 1.82) is 0 Å². The lowest BCUT2D eigenvalue weighted by atomic mass is 9.72. The van der Waals surface area contributed by atoms with Crippen molar-refractivity contribution in [3.05, 3.63) is 51.7 Å². The van der Waals surface area contributed by atoms with Crippen LogP contribution in [0.1, 0.15) is 65.3 Å². The Morgan fingerprint density at radius 2 is 1.93 bits per heavy atom. The predicted molar refractivity (Wildman–Crippen MR) is 112 cm³/mol. The van der Waals surface area contributed by atoms with Crippen LogP contribution in [0, 0.1) is 17.2 Å². The van der Waals surface area contributed by atoms with Crippen molar-refractivity contribution in [1.82, 2.24) is 5.32 Å². The molecule has 2 N–H and O–H groups in total. The minimum atomic E-state index is -0.575. The van der Waals surface area contributed by atoms with Gasteiger partial charge >= 0.3 is 0 Å². The summed E-state index contributed by atoms with van der Waals surface area (Å²) in [5.41, 5.74) is 1.73. The van der Waals surface area contributed by atoms with Crippen LogP contribution in [-0.4, -0.2) is 18.4 Å². The summed E-state index contributed by atoms with van der Waals surface area (Å²) >= 11 is 1.45. The van der Waals surface area contributed by atoms with Gasteiger partial charge in [-0.3, -0.25) is 9.59 Å². The van der Waals surface area contributed by atoms with E-state index in [2.05, 4.69) is 31.4 Å². The number of hydrogen-bond acceptors (Lipinski definition) is 3. The number of anilines is 1. The zero-order valence-corrected chi connectivity index (χ0v) is 17.6. The summed E-state index contributed by atoms with van der Waals surface area (Å²) in [6, 6.07) is 5.87. The van der Waals surface area contributed by atoms with Crippen LogP contribution >= 0.6 is 11.3 Å². The number of carbonyl (C=O) groups excluding carboxylic acids is 2. The number of benzene rings is 1. The Labute approximate surface area is 169 Å². The van der Waals surface area contributed by atoms with E-state index in [1.807, 2.05) is 6.92 Å². The molecule has 0 saturated carbocycles. The Morgan fingerprint density at radius 1 is 1.21 bits per heavy atom. The highest BCUT2D eigenvalue weighted by atomic mass is 32.1. The molecule has 0 radical (unpaired) electrons. The number of thiophene rings is 1. The van der Waals surface area contributed by atoms with Crippen molar-refractivity contribution in [2.24, 2.45) is 11.3 Å². The smallest absolute Gasteiger partial charge is 0.259 e. The molecule has 0 bridgehead atoms. The van der Waals surface area contributed by atoms with Gasteiger partial charge in [0.15, 0.2) is 0 Å². The Bertz CT molecular complexity index is 898. The molecule has 0 saturated heterocycles. The fourth-order valence-corrected chi connectivity index (χ4v) is 5.04. The first-order chi connectivity index (χ1) is 13.2. The highest BCUT2D eigenvalue weighted by Gasteiger charge is 2.34. The SMILES string of the molecule is CCNC(=O)c1c(NC(=O)c2ccccc2F)sc2c1CCC(C(C)(C)C)C2. The normalized spacial score (nSPS) is 16.4. The Kier molecular flexibility index (Phi) is 5.89. The maximum atomic E-state index is 14.0. The summed E-state index contributed by atoms with van der Waals surface area (Å²) in [4.78, 5) is 26.5. The highest BCUT2D eigenvalue weighted by Crippen LogP contribution is 2.44. The molecule has 3 rings (SSSR count). The monoisotopic (exact) mass is 402 g/mol. The quantitative estimate of drug-likeness (QED) is 0.753. The zero-order chi connectivity index (χ0) is 20.5. The fourth-order valence-electron chi connectivity index (χ4n) is 3.72. The summed E-state index contributed by atoms with van der Waals surface area (Å²) in [7, 11) is 0. The maximum absolute atomic E-state index is 14.0. The van der Waals surface area contributed by atoms with Gasteiger partial charge in [-0.2, -0.15) is 0 Å². The largest absolute Gasteiger partial charge is 0.352 e. The zero-order valence-electron chi connectivity index (χ0n) is 16.8. The van der Waals surface area contributed by atoms with Crippen molar-refractivity contribution in [2.45, 2.75) is 47.0 Å². The van der Waals surface area contributed by atoms with Crippen LogP contribution in [-0.2, 0) is 12.8 Å². The first-order valence-corrected chi connectivity index (χ1v) is 10.5. The minimum Gasteiger partial charge on any atom is -0.352 e.